The summed E-state index contributed by atoms with van der Waals surface area (Å²) in [6, 6.07) is 7.48. The maximum atomic E-state index is 12.9. The van der Waals surface area contributed by atoms with E-state index >= 15 is 0 Å². The molecule has 2 rings (SSSR count). The standard InChI is InChI=1S/C14H15F3N4O/c1-22-10-4-2-9(3-5-10)11-8-12(14(15,16)17)21-13(20-11)19-7-6-18/h2-5,8H,6-7,18H2,1H3,(H,19,20,21). The first-order chi connectivity index (χ1) is 10.4. The van der Waals surface area contributed by atoms with Gasteiger partial charge in [0.05, 0.1) is 12.8 Å². The fourth-order valence-corrected chi connectivity index (χ4v) is 1.77. The largest absolute Gasteiger partial charge is 0.497 e. The summed E-state index contributed by atoms with van der Waals surface area (Å²) in [5.74, 6) is 0.501. The van der Waals surface area contributed by atoms with Gasteiger partial charge in [0.1, 0.15) is 5.75 Å². The molecule has 118 valence electrons. The molecule has 0 bridgehead atoms. The van der Waals surface area contributed by atoms with Crippen molar-refractivity contribution in [3.05, 3.63) is 36.0 Å². The van der Waals surface area contributed by atoms with Gasteiger partial charge in [-0.25, -0.2) is 9.97 Å². The minimum Gasteiger partial charge on any atom is -0.497 e. The predicted molar refractivity (Wildman–Crippen MR) is 76.6 cm³/mol. The number of alkyl halides is 3. The summed E-state index contributed by atoms with van der Waals surface area (Å²) in [6.45, 7) is 0.542. The van der Waals surface area contributed by atoms with Crippen molar-refractivity contribution >= 4 is 5.95 Å². The van der Waals surface area contributed by atoms with Crippen molar-refractivity contribution in [2.75, 3.05) is 25.5 Å². The van der Waals surface area contributed by atoms with Crippen molar-refractivity contribution in [1.29, 1.82) is 0 Å². The van der Waals surface area contributed by atoms with E-state index in [4.69, 9.17) is 10.5 Å². The molecule has 8 heteroatoms. The zero-order chi connectivity index (χ0) is 16.2. The SMILES string of the molecule is COc1ccc(-c2cc(C(F)(F)F)nc(NCCN)n2)cc1. The first-order valence-electron chi connectivity index (χ1n) is 6.48. The molecule has 0 unspecified atom stereocenters. The van der Waals surface area contributed by atoms with Crippen LogP contribution >= 0.6 is 0 Å². The molecule has 0 aliphatic carbocycles. The Balaban J connectivity index is 2.43. The van der Waals surface area contributed by atoms with Crippen molar-refractivity contribution in [3.8, 4) is 17.0 Å². The number of halogens is 3. The summed E-state index contributed by atoms with van der Waals surface area (Å²) in [7, 11) is 1.51. The first kappa shape index (κ1) is 16.0. The number of methoxy groups -OCH3 is 1. The summed E-state index contributed by atoms with van der Waals surface area (Å²) < 4.78 is 43.8. The van der Waals surface area contributed by atoms with E-state index < -0.39 is 11.9 Å². The third kappa shape index (κ3) is 3.85. The number of hydrogen-bond acceptors (Lipinski definition) is 5. The second kappa shape index (κ2) is 6.61. The maximum absolute atomic E-state index is 12.9. The molecule has 0 aliphatic rings. The molecular weight excluding hydrogens is 297 g/mol. The number of nitrogens with two attached hydrogens (primary N) is 1. The van der Waals surface area contributed by atoms with Gasteiger partial charge < -0.3 is 15.8 Å². The van der Waals surface area contributed by atoms with E-state index in [1.807, 2.05) is 0 Å². The second-order valence-corrected chi connectivity index (χ2v) is 4.40. The van der Waals surface area contributed by atoms with Crippen LogP contribution in [0.2, 0.25) is 0 Å². The van der Waals surface area contributed by atoms with Crippen LogP contribution < -0.4 is 15.8 Å². The fraction of sp³-hybridized carbons (Fsp3) is 0.286. The average Bonchev–Trinajstić information content (AvgIpc) is 2.52. The molecule has 0 radical (unpaired) electrons. The van der Waals surface area contributed by atoms with Gasteiger partial charge in [-0.1, -0.05) is 0 Å². The number of anilines is 1. The molecule has 5 nitrogen and oxygen atoms in total. The minimum atomic E-state index is -4.55. The number of nitrogens with zero attached hydrogens (tertiary/aromatic N) is 2. The van der Waals surface area contributed by atoms with Crippen LogP contribution in [0.1, 0.15) is 5.69 Å². The average molecular weight is 312 g/mol. The molecule has 0 amide bonds. The zero-order valence-corrected chi connectivity index (χ0v) is 11.8. The molecule has 3 N–H and O–H groups in total. The fourth-order valence-electron chi connectivity index (χ4n) is 1.77. The minimum absolute atomic E-state index is 0.105. The number of rotatable bonds is 5. The van der Waals surface area contributed by atoms with Gasteiger partial charge in [0.2, 0.25) is 5.95 Å². The lowest BCUT2D eigenvalue weighted by Gasteiger charge is -2.11. The number of nitrogens with one attached hydrogen (secondary N) is 1. The van der Waals surface area contributed by atoms with Gasteiger partial charge in [-0.05, 0) is 30.3 Å². The van der Waals surface area contributed by atoms with Crippen LogP contribution in [0.25, 0.3) is 11.3 Å². The van der Waals surface area contributed by atoms with E-state index in [1.165, 1.54) is 7.11 Å². The van der Waals surface area contributed by atoms with E-state index in [0.717, 1.165) is 6.07 Å². The highest BCUT2D eigenvalue weighted by Gasteiger charge is 2.33. The van der Waals surface area contributed by atoms with Gasteiger partial charge >= 0.3 is 6.18 Å². The van der Waals surface area contributed by atoms with Crippen molar-refractivity contribution in [2.24, 2.45) is 5.73 Å². The molecule has 2 aromatic rings. The van der Waals surface area contributed by atoms with E-state index in [2.05, 4.69) is 15.3 Å². The molecule has 0 saturated heterocycles. The molecular formula is C14H15F3N4O. The van der Waals surface area contributed by atoms with Crippen LogP contribution in [0, 0.1) is 0 Å². The monoisotopic (exact) mass is 312 g/mol. The molecule has 0 fully saturated rings. The zero-order valence-electron chi connectivity index (χ0n) is 11.8. The summed E-state index contributed by atoms with van der Waals surface area (Å²) in [6.07, 6.45) is -4.55. The van der Waals surface area contributed by atoms with E-state index in [1.54, 1.807) is 24.3 Å². The van der Waals surface area contributed by atoms with Crippen molar-refractivity contribution in [2.45, 2.75) is 6.18 Å². The van der Waals surface area contributed by atoms with Crippen molar-refractivity contribution in [3.63, 3.8) is 0 Å². The van der Waals surface area contributed by atoms with Gasteiger partial charge in [0.15, 0.2) is 5.69 Å². The highest BCUT2D eigenvalue weighted by atomic mass is 19.4. The summed E-state index contributed by atoms with van der Waals surface area (Å²) in [5.41, 5.74) is 5.02. The number of benzene rings is 1. The maximum Gasteiger partial charge on any atom is 0.433 e. The van der Waals surface area contributed by atoms with E-state index in [0.29, 0.717) is 11.3 Å². The molecule has 0 spiro atoms. The lowest BCUT2D eigenvalue weighted by Crippen LogP contribution is -2.17. The van der Waals surface area contributed by atoms with Crippen molar-refractivity contribution in [1.82, 2.24) is 9.97 Å². The van der Waals surface area contributed by atoms with Gasteiger partial charge in [0, 0.05) is 18.7 Å². The summed E-state index contributed by atoms with van der Waals surface area (Å²) in [4.78, 5) is 7.57. The molecule has 1 aromatic carbocycles. The molecule has 22 heavy (non-hydrogen) atoms. The van der Waals surface area contributed by atoms with Crippen LogP contribution in [-0.2, 0) is 6.18 Å². The Morgan fingerprint density at radius 3 is 2.41 bits per heavy atom. The first-order valence-corrected chi connectivity index (χ1v) is 6.48. The topological polar surface area (TPSA) is 73.1 Å². The van der Waals surface area contributed by atoms with Gasteiger partial charge in [-0.3, -0.25) is 0 Å². The normalized spacial score (nSPS) is 11.3. The Bertz CT molecular complexity index is 629. The highest BCUT2D eigenvalue weighted by molar-refractivity contribution is 5.62. The Morgan fingerprint density at radius 1 is 1.18 bits per heavy atom. The van der Waals surface area contributed by atoms with Crippen molar-refractivity contribution < 1.29 is 17.9 Å². The van der Waals surface area contributed by atoms with Crippen LogP contribution in [-0.4, -0.2) is 30.2 Å². The van der Waals surface area contributed by atoms with Crippen LogP contribution in [0.3, 0.4) is 0 Å². The Kier molecular flexibility index (Phi) is 4.81. The second-order valence-electron chi connectivity index (χ2n) is 4.40. The van der Waals surface area contributed by atoms with Gasteiger partial charge in [-0.15, -0.1) is 0 Å². The van der Waals surface area contributed by atoms with Gasteiger partial charge in [-0.2, -0.15) is 13.2 Å². The van der Waals surface area contributed by atoms with E-state index in [9.17, 15) is 13.2 Å². The Hall–Kier alpha value is -2.35. The van der Waals surface area contributed by atoms with Crippen LogP contribution in [0.5, 0.6) is 5.75 Å². The Morgan fingerprint density at radius 2 is 1.86 bits per heavy atom. The Labute approximate surface area is 125 Å². The lowest BCUT2D eigenvalue weighted by atomic mass is 10.1. The third-order valence-electron chi connectivity index (χ3n) is 2.83. The van der Waals surface area contributed by atoms with Gasteiger partial charge in [0.25, 0.3) is 0 Å². The number of ether oxygens (including phenoxy) is 1. The smallest absolute Gasteiger partial charge is 0.433 e. The summed E-state index contributed by atoms with van der Waals surface area (Å²) >= 11 is 0. The van der Waals surface area contributed by atoms with Crippen LogP contribution in [0.4, 0.5) is 19.1 Å². The predicted octanol–water partition coefficient (Wildman–Crippen LogP) is 2.54. The van der Waals surface area contributed by atoms with Crippen LogP contribution in [0.15, 0.2) is 30.3 Å². The quantitative estimate of drug-likeness (QED) is 0.887. The molecule has 1 aromatic heterocycles. The highest BCUT2D eigenvalue weighted by Crippen LogP contribution is 2.31. The molecule has 0 aliphatic heterocycles. The molecule has 0 atom stereocenters. The lowest BCUT2D eigenvalue weighted by molar-refractivity contribution is -0.141. The third-order valence-corrected chi connectivity index (χ3v) is 2.83. The number of aromatic nitrogens is 2. The number of hydrogen-bond donors (Lipinski definition) is 2. The van der Waals surface area contributed by atoms with E-state index in [-0.39, 0.29) is 24.7 Å². The molecule has 1 heterocycles. The summed E-state index contributed by atoms with van der Waals surface area (Å²) in [5, 5.41) is 2.67. The molecule has 0 saturated carbocycles.